The maximum Gasteiger partial charge on any atom is 0.0224 e. The Labute approximate surface area is 121 Å². The number of nitrogens with one attached hydrogen (secondary N) is 1. The average Bonchev–Trinajstić information content (AvgIpc) is 2.69. The fraction of sp³-hybridized carbons (Fsp3) is 0.625. The Morgan fingerprint density at radius 3 is 2.84 bits per heavy atom. The summed E-state index contributed by atoms with van der Waals surface area (Å²) >= 11 is 2.08. The molecule has 104 valence electrons. The van der Waals surface area contributed by atoms with E-state index in [1.54, 1.807) is 0 Å². The van der Waals surface area contributed by atoms with Gasteiger partial charge in [0.15, 0.2) is 0 Å². The fourth-order valence-electron chi connectivity index (χ4n) is 3.38. The maximum absolute atomic E-state index is 3.58. The van der Waals surface area contributed by atoms with Crippen LogP contribution in [0.3, 0.4) is 0 Å². The Morgan fingerprint density at radius 1 is 1.11 bits per heavy atom. The van der Waals surface area contributed by atoms with Crippen LogP contribution < -0.4 is 5.32 Å². The van der Waals surface area contributed by atoms with E-state index in [4.69, 9.17) is 0 Å². The van der Waals surface area contributed by atoms with E-state index in [9.17, 15) is 0 Å². The molecular weight excluding hydrogens is 252 g/mol. The van der Waals surface area contributed by atoms with Crippen LogP contribution in [0.4, 0.5) is 0 Å². The van der Waals surface area contributed by atoms with E-state index in [0.29, 0.717) is 0 Å². The topological polar surface area (TPSA) is 15.3 Å². The minimum absolute atomic E-state index is 0.810. The number of nitrogens with zero attached hydrogens (tertiary/aromatic N) is 1. The highest BCUT2D eigenvalue weighted by molar-refractivity contribution is 7.98. The first-order valence-electron chi connectivity index (χ1n) is 7.51. The highest BCUT2D eigenvalue weighted by Crippen LogP contribution is 2.28. The molecule has 2 aliphatic rings. The summed E-state index contributed by atoms with van der Waals surface area (Å²) in [5.74, 6) is 2.42. The molecule has 2 bridgehead atoms. The van der Waals surface area contributed by atoms with Crippen molar-refractivity contribution in [3.63, 3.8) is 0 Å². The van der Waals surface area contributed by atoms with Crippen molar-refractivity contribution >= 4 is 11.8 Å². The average molecular weight is 276 g/mol. The van der Waals surface area contributed by atoms with Crippen LogP contribution in [0.15, 0.2) is 30.3 Å². The van der Waals surface area contributed by atoms with Gasteiger partial charge in [0.2, 0.25) is 0 Å². The number of rotatable bonds is 5. The molecule has 0 radical (unpaired) electrons. The Morgan fingerprint density at radius 2 is 1.95 bits per heavy atom. The van der Waals surface area contributed by atoms with E-state index in [1.807, 2.05) is 0 Å². The molecule has 0 saturated carbocycles. The lowest BCUT2D eigenvalue weighted by atomic mass is 10.1. The molecule has 0 aliphatic carbocycles. The van der Waals surface area contributed by atoms with Gasteiger partial charge >= 0.3 is 0 Å². The van der Waals surface area contributed by atoms with Gasteiger partial charge in [-0.1, -0.05) is 30.3 Å². The van der Waals surface area contributed by atoms with E-state index in [1.165, 1.54) is 50.2 Å². The quantitative estimate of drug-likeness (QED) is 0.833. The monoisotopic (exact) mass is 276 g/mol. The Hall–Kier alpha value is -0.510. The second kappa shape index (κ2) is 6.78. The normalized spacial score (nSPS) is 27.4. The Balaban J connectivity index is 1.42. The second-order valence-electron chi connectivity index (χ2n) is 5.65. The standard InChI is InChI=1S/C16H24N2S/c1-2-4-14(5-3-1)13-19-11-10-18-15-6-7-16(18)12-17-9-8-15/h1-5,15-17H,6-13H2. The third-order valence-corrected chi connectivity index (χ3v) is 5.42. The van der Waals surface area contributed by atoms with Gasteiger partial charge in [0.05, 0.1) is 0 Å². The summed E-state index contributed by atoms with van der Waals surface area (Å²) in [5, 5.41) is 3.58. The molecule has 2 atom stereocenters. The molecule has 2 aliphatic heterocycles. The van der Waals surface area contributed by atoms with Gasteiger partial charge in [0.1, 0.15) is 0 Å². The van der Waals surface area contributed by atoms with Crippen molar-refractivity contribution in [2.24, 2.45) is 0 Å². The Bertz CT molecular complexity index is 368. The van der Waals surface area contributed by atoms with E-state index in [2.05, 4.69) is 52.3 Å². The van der Waals surface area contributed by atoms with Crippen LogP contribution in [0.1, 0.15) is 24.8 Å². The number of fused-ring (bicyclic) bond motifs is 2. The van der Waals surface area contributed by atoms with E-state index in [0.717, 1.165) is 17.8 Å². The van der Waals surface area contributed by atoms with Crippen molar-refractivity contribution < 1.29 is 0 Å². The van der Waals surface area contributed by atoms with Crippen LogP contribution in [-0.2, 0) is 5.75 Å². The molecule has 1 aromatic carbocycles. The first-order chi connectivity index (χ1) is 9.43. The van der Waals surface area contributed by atoms with Gasteiger partial charge in [-0.25, -0.2) is 0 Å². The summed E-state index contributed by atoms with van der Waals surface area (Å²) in [4.78, 5) is 2.78. The van der Waals surface area contributed by atoms with Gasteiger partial charge in [-0.15, -0.1) is 0 Å². The van der Waals surface area contributed by atoms with Crippen molar-refractivity contribution in [1.29, 1.82) is 0 Å². The van der Waals surface area contributed by atoms with Crippen LogP contribution in [0.25, 0.3) is 0 Å². The van der Waals surface area contributed by atoms with E-state index < -0.39 is 0 Å². The van der Waals surface area contributed by atoms with Crippen LogP contribution >= 0.6 is 11.8 Å². The molecule has 2 unspecified atom stereocenters. The van der Waals surface area contributed by atoms with Gasteiger partial charge in [-0.05, 0) is 31.4 Å². The predicted molar refractivity (Wildman–Crippen MR) is 83.6 cm³/mol. The largest absolute Gasteiger partial charge is 0.315 e. The summed E-state index contributed by atoms with van der Waals surface area (Å²) in [7, 11) is 0. The summed E-state index contributed by atoms with van der Waals surface area (Å²) in [6.45, 7) is 3.70. The van der Waals surface area contributed by atoms with Crippen LogP contribution in [0.5, 0.6) is 0 Å². The molecule has 19 heavy (non-hydrogen) atoms. The highest BCUT2D eigenvalue weighted by atomic mass is 32.2. The van der Waals surface area contributed by atoms with Crippen molar-refractivity contribution in [3.8, 4) is 0 Å². The lowest BCUT2D eigenvalue weighted by Crippen LogP contribution is -2.39. The minimum Gasteiger partial charge on any atom is -0.315 e. The van der Waals surface area contributed by atoms with E-state index >= 15 is 0 Å². The SMILES string of the molecule is c1ccc(CSCCN2C3CCNCC2CC3)cc1. The molecular formula is C16H24N2S. The van der Waals surface area contributed by atoms with Crippen molar-refractivity contribution in [3.05, 3.63) is 35.9 Å². The molecule has 2 saturated heterocycles. The van der Waals surface area contributed by atoms with Crippen LogP contribution in [0, 0.1) is 0 Å². The first kappa shape index (κ1) is 13.5. The zero-order chi connectivity index (χ0) is 12.9. The number of hydrogen-bond acceptors (Lipinski definition) is 3. The summed E-state index contributed by atoms with van der Waals surface area (Å²) in [6, 6.07) is 12.5. The third kappa shape index (κ3) is 3.53. The molecule has 1 N–H and O–H groups in total. The van der Waals surface area contributed by atoms with E-state index in [-0.39, 0.29) is 0 Å². The predicted octanol–water partition coefficient (Wildman–Crippen LogP) is 2.75. The molecule has 2 nitrogen and oxygen atoms in total. The molecule has 2 fully saturated rings. The zero-order valence-corrected chi connectivity index (χ0v) is 12.4. The molecule has 3 rings (SSSR count). The van der Waals surface area contributed by atoms with Gasteiger partial charge in [0.25, 0.3) is 0 Å². The first-order valence-corrected chi connectivity index (χ1v) is 8.67. The number of thioether (sulfide) groups is 1. The third-order valence-electron chi connectivity index (χ3n) is 4.41. The fourth-order valence-corrected chi connectivity index (χ4v) is 4.29. The second-order valence-corrected chi connectivity index (χ2v) is 6.76. The molecule has 0 spiro atoms. The summed E-state index contributed by atoms with van der Waals surface area (Å²) < 4.78 is 0. The molecule has 1 aromatic rings. The molecule has 0 amide bonds. The van der Waals surface area contributed by atoms with Gasteiger partial charge in [0, 0.05) is 36.7 Å². The van der Waals surface area contributed by atoms with Crippen molar-refractivity contribution in [1.82, 2.24) is 10.2 Å². The molecule has 0 aromatic heterocycles. The Kier molecular flexibility index (Phi) is 4.81. The zero-order valence-electron chi connectivity index (χ0n) is 11.6. The number of hydrogen-bond donors (Lipinski definition) is 1. The molecule has 2 heterocycles. The lowest BCUT2D eigenvalue weighted by molar-refractivity contribution is 0.216. The highest BCUT2D eigenvalue weighted by Gasteiger charge is 2.33. The van der Waals surface area contributed by atoms with Crippen molar-refractivity contribution in [2.75, 3.05) is 25.4 Å². The van der Waals surface area contributed by atoms with Gasteiger partial charge in [-0.3, -0.25) is 4.90 Å². The van der Waals surface area contributed by atoms with Crippen LogP contribution in [0.2, 0.25) is 0 Å². The summed E-state index contributed by atoms with van der Waals surface area (Å²) in [5.41, 5.74) is 1.45. The minimum atomic E-state index is 0.810. The van der Waals surface area contributed by atoms with Crippen molar-refractivity contribution in [2.45, 2.75) is 37.1 Å². The van der Waals surface area contributed by atoms with Gasteiger partial charge in [-0.2, -0.15) is 11.8 Å². The lowest BCUT2D eigenvalue weighted by Gasteiger charge is -2.27. The maximum atomic E-state index is 3.58. The molecule has 3 heteroatoms. The van der Waals surface area contributed by atoms with Gasteiger partial charge < -0.3 is 5.32 Å². The number of benzene rings is 1. The van der Waals surface area contributed by atoms with Crippen LogP contribution in [-0.4, -0.2) is 42.4 Å². The smallest absolute Gasteiger partial charge is 0.0224 e. The summed E-state index contributed by atoms with van der Waals surface area (Å²) in [6.07, 6.45) is 4.18.